The summed E-state index contributed by atoms with van der Waals surface area (Å²) in [5, 5.41) is 2.42. The van der Waals surface area contributed by atoms with Gasteiger partial charge in [-0.25, -0.2) is 4.79 Å². The molecule has 26 heavy (non-hydrogen) atoms. The number of hydrogen-bond donors (Lipinski definition) is 1. The maximum atomic E-state index is 11.8. The molecule has 1 N–H and O–H groups in total. The number of hydrogen-bond acceptors (Lipinski definition) is 7. The van der Waals surface area contributed by atoms with E-state index >= 15 is 0 Å². The lowest BCUT2D eigenvalue weighted by atomic mass is 10.2. The predicted octanol–water partition coefficient (Wildman–Crippen LogP) is 1.29. The fourth-order valence-corrected chi connectivity index (χ4v) is 5.07. The molecule has 1 aliphatic heterocycles. The molecular formula is C17H22N2O5S2. The molecule has 0 aromatic heterocycles. The number of nitrogens with zero attached hydrogens (tertiary/aromatic N) is 1. The molecule has 1 saturated heterocycles. The molecule has 1 aromatic carbocycles. The maximum absolute atomic E-state index is 11.8. The highest BCUT2D eigenvalue weighted by Crippen LogP contribution is 2.48. The number of amides is 2. The largest absolute Gasteiger partial charge is 0.482 e. The number of para-hydroxylation sites is 1. The lowest BCUT2D eigenvalue weighted by molar-refractivity contribution is -0.153. The van der Waals surface area contributed by atoms with Crippen molar-refractivity contribution in [3.05, 3.63) is 29.8 Å². The van der Waals surface area contributed by atoms with E-state index < -0.39 is 18.5 Å². The van der Waals surface area contributed by atoms with E-state index in [-0.39, 0.29) is 19.1 Å². The smallest absolute Gasteiger partial charge is 0.344 e. The molecule has 1 fully saturated rings. The molecule has 2 amide bonds. The Bertz CT molecular complexity index is 650. The SMILES string of the molecule is CNC(=O)CN(C)C(=O)COC(=O)COc1ccccc1C1SCCS1. The second kappa shape index (κ2) is 10.3. The van der Waals surface area contributed by atoms with Gasteiger partial charge in [-0.2, -0.15) is 0 Å². The Hall–Kier alpha value is -1.87. The van der Waals surface area contributed by atoms with Gasteiger partial charge in [0.25, 0.3) is 5.91 Å². The van der Waals surface area contributed by atoms with Crippen LogP contribution in [0.1, 0.15) is 10.1 Å². The van der Waals surface area contributed by atoms with Crippen LogP contribution in [0.2, 0.25) is 0 Å². The maximum Gasteiger partial charge on any atom is 0.344 e. The van der Waals surface area contributed by atoms with E-state index in [4.69, 9.17) is 9.47 Å². The first kappa shape index (κ1) is 20.4. The van der Waals surface area contributed by atoms with Crippen LogP contribution in [0.3, 0.4) is 0 Å². The van der Waals surface area contributed by atoms with Gasteiger partial charge < -0.3 is 19.7 Å². The van der Waals surface area contributed by atoms with Crippen molar-refractivity contribution in [2.45, 2.75) is 4.58 Å². The number of likely N-dealkylation sites (N-methyl/N-ethyl adjacent to an activating group) is 2. The zero-order valence-electron chi connectivity index (χ0n) is 14.7. The molecule has 2 rings (SSSR count). The van der Waals surface area contributed by atoms with Crippen LogP contribution in [0.25, 0.3) is 0 Å². The number of rotatable bonds is 8. The van der Waals surface area contributed by atoms with Crippen molar-refractivity contribution < 1.29 is 23.9 Å². The quantitative estimate of drug-likeness (QED) is 0.661. The number of thioether (sulfide) groups is 2. The van der Waals surface area contributed by atoms with E-state index in [1.165, 1.54) is 19.0 Å². The Balaban J connectivity index is 1.79. The molecule has 7 nitrogen and oxygen atoms in total. The van der Waals surface area contributed by atoms with E-state index in [9.17, 15) is 14.4 Å². The number of ether oxygens (including phenoxy) is 2. The molecule has 1 aromatic rings. The van der Waals surface area contributed by atoms with Gasteiger partial charge >= 0.3 is 5.97 Å². The molecule has 0 unspecified atom stereocenters. The summed E-state index contributed by atoms with van der Waals surface area (Å²) >= 11 is 3.70. The first-order chi connectivity index (χ1) is 12.5. The summed E-state index contributed by atoms with van der Waals surface area (Å²) < 4.78 is 10.8. The number of carbonyl (C=O) groups excluding carboxylic acids is 3. The highest BCUT2D eigenvalue weighted by Gasteiger charge is 2.22. The minimum Gasteiger partial charge on any atom is -0.482 e. The van der Waals surface area contributed by atoms with Gasteiger partial charge in [0.05, 0.1) is 11.1 Å². The molecule has 1 heterocycles. The second-order valence-corrected chi connectivity index (χ2v) is 8.21. The van der Waals surface area contributed by atoms with Crippen LogP contribution in [0.5, 0.6) is 5.75 Å². The highest BCUT2D eigenvalue weighted by atomic mass is 32.2. The van der Waals surface area contributed by atoms with Gasteiger partial charge in [0.2, 0.25) is 5.91 Å². The molecule has 142 valence electrons. The molecular weight excluding hydrogens is 376 g/mol. The summed E-state index contributed by atoms with van der Waals surface area (Å²) in [5.41, 5.74) is 1.05. The minimum atomic E-state index is -0.631. The fourth-order valence-electron chi connectivity index (χ4n) is 2.16. The van der Waals surface area contributed by atoms with Gasteiger partial charge in [-0.05, 0) is 6.07 Å². The van der Waals surface area contributed by atoms with Gasteiger partial charge in [-0.15, -0.1) is 23.5 Å². The molecule has 0 radical (unpaired) electrons. The zero-order valence-corrected chi connectivity index (χ0v) is 16.4. The van der Waals surface area contributed by atoms with Crippen LogP contribution >= 0.6 is 23.5 Å². The first-order valence-corrected chi connectivity index (χ1v) is 10.2. The Kier molecular flexibility index (Phi) is 8.11. The van der Waals surface area contributed by atoms with Crippen LogP contribution in [-0.4, -0.2) is 68.0 Å². The molecule has 0 atom stereocenters. The van der Waals surface area contributed by atoms with E-state index in [0.717, 1.165) is 17.1 Å². The van der Waals surface area contributed by atoms with E-state index in [1.807, 2.05) is 47.8 Å². The summed E-state index contributed by atoms with van der Waals surface area (Å²) in [4.78, 5) is 36.1. The average molecular weight is 399 g/mol. The fraction of sp³-hybridized carbons (Fsp3) is 0.471. The molecule has 0 spiro atoms. The summed E-state index contributed by atoms with van der Waals surface area (Å²) in [6, 6.07) is 7.62. The van der Waals surface area contributed by atoms with Gasteiger partial charge in [0.1, 0.15) is 5.75 Å². The van der Waals surface area contributed by atoms with Crippen molar-refractivity contribution >= 4 is 41.3 Å². The van der Waals surface area contributed by atoms with Crippen molar-refractivity contribution in [3.8, 4) is 5.75 Å². The van der Waals surface area contributed by atoms with Gasteiger partial charge in [-0.1, -0.05) is 18.2 Å². The van der Waals surface area contributed by atoms with Crippen molar-refractivity contribution in [2.75, 3.05) is 45.4 Å². The third-order valence-electron chi connectivity index (χ3n) is 3.58. The lowest BCUT2D eigenvalue weighted by Crippen LogP contribution is -2.39. The average Bonchev–Trinajstić information content (AvgIpc) is 3.18. The Labute approximate surface area is 161 Å². The van der Waals surface area contributed by atoms with Crippen LogP contribution in [0.15, 0.2) is 24.3 Å². The lowest BCUT2D eigenvalue weighted by Gasteiger charge is -2.16. The number of benzene rings is 1. The normalized spacial score (nSPS) is 13.9. The van der Waals surface area contributed by atoms with Crippen molar-refractivity contribution in [3.63, 3.8) is 0 Å². The minimum absolute atomic E-state index is 0.0898. The van der Waals surface area contributed by atoms with Crippen molar-refractivity contribution in [2.24, 2.45) is 0 Å². The number of nitrogens with one attached hydrogen (secondary N) is 1. The van der Waals surface area contributed by atoms with Crippen LogP contribution < -0.4 is 10.1 Å². The summed E-state index contributed by atoms with van der Waals surface area (Å²) in [6.45, 7) is -0.787. The number of esters is 1. The van der Waals surface area contributed by atoms with Crippen molar-refractivity contribution in [1.29, 1.82) is 0 Å². The summed E-state index contributed by atoms with van der Waals surface area (Å²) in [5.74, 6) is 1.46. The summed E-state index contributed by atoms with van der Waals surface area (Å²) in [6.07, 6.45) is 0. The van der Waals surface area contributed by atoms with Gasteiger partial charge in [0, 0.05) is 31.2 Å². The Morgan fingerprint density at radius 1 is 1.19 bits per heavy atom. The standard InChI is InChI=1S/C17H22N2O5S2/c1-18-14(20)9-19(2)15(21)10-24-16(22)11-23-13-6-4-3-5-12(13)17-25-7-8-26-17/h3-6,17H,7-11H2,1-2H3,(H,18,20). The molecule has 0 saturated carbocycles. The Morgan fingerprint density at radius 2 is 1.88 bits per heavy atom. The molecule has 9 heteroatoms. The molecule has 1 aliphatic rings. The third kappa shape index (κ3) is 6.14. The van der Waals surface area contributed by atoms with E-state index in [1.54, 1.807) is 0 Å². The van der Waals surface area contributed by atoms with Crippen molar-refractivity contribution in [1.82, 2.24) is 10.2 Å². The van der Waals surface area contributed by atoms with E-state index in [0.29, 0.717) is 10.3 Å². The topological polar surface area (TPSA) is 84.9 Å². The second-order valence-electron chi connectivity index (χ2n) is 5.48. The van der Waals surface area contributed by atoms with Crippen LogP contribution in [0.4, 0.5) is 0 Å². The van der Waals surface area contributed by atoms with E-state index in [2.05, 4.69) is 5.32 Å². The third-order valence-corrected chi connectivity index (χ3v) is 6.65. The zero-order chi connectivity index (χ0) is 18.9. The van der Waals surface area contributed by atoms with Gasteiger partial charge in [0.15, 0.2) is 13.2 Å². The monoisotopic (exact) mass is 398 g/mol. The first-order valence-electron chi connectivity index (χ1n) is 8.06. The van der Waals surface area contributed by atoms with Gasteiger partial charge in [-0.3, -0.25) is 9.59 Å². The summed E-state index contributed by atoms with van der Waals surface area (Å²) in [7, 11) is 2.95. The van der Waals surface area contributed by atoms with Crippen LogP contribution in [-0.2, 0) is 19.1 Å². The predicted molar refractivity (Wildman–Crippen MR) is 102 cm³/mol. The molecule has 0 bridgehead atoms. The highest BCUT2D eigenvalue weighted by molar-refractivity contribution is 8.19. The van der Waals surface area contributed by atoms with Crippen LogP contribution in [0, 0.1) is 0 Å². The Morgan fingerprint density at radius 3 is 2.58 bits per heavy atom. The number of carbonyl (C=O) groups is 3. The molecule has 0 aliphatic carbocycles.